The lowest BCUT2D eigenvalue weighted by molar-refractivity contribution is -0.134. The summed E-state index contributed by atoms with van der Waals surface area (Å²) in [4.78, 5) is 15.6. The molecule has 2 N–H and O–H groups in total. The predicted octanol–water partition coefficient (Wildman–Crippen LogP) is 3.53. The number of aromatic nitrogens is 1. The Morgan fingerprint density at radius 2 is 1.69 bits per heavy atom. The number of carbonyl (C=O) groups excluding carboxylic acids is 1. The van der Waals surface area contributed by atoms with Gasteiger partial charge in [0.15, 0.2) is 17.4 Å². The first-order valence-electron chi connectivity index (χ1n) is 12.1. The third-order valence-electron chi connectivity index (χ3n) is 6.58. The van der Waals surface area contributed by atoms with Gasteiger partial charge in [-0.15, -0.1) is 0 Å². The second-order valence-corrected chi connectivity index (χ2v) is 13.3. The molecule has 0 bridgehead atoms. The van der Waals surface area contributed by atoms with Crippen molar-refractivity contribution in [2.45, 2.75) is 15.8 Å². The molecule has 1 fully saturated rings. The number of carbonyl (C=O) groups is 1. The lowest BCUT2D eigenvalue weighted by Gasteiger charge is -2.38. The second kappa shape index (κ2) is 11.5. The zero-order chi connectivity index (χ0) is 30.2. The normalized spacial score (nSPS) is 16.8. The molecule has 42 heavy (non-hydrogen) atoms. The predicted molar refractivity (Wildman–Crippen MR) is 146 cm³/mol. The highest BCUT2D eigenvalue weighted by Gasteiger charge is 2.44. The van der Waals surface area contributed by atoms with Crippen LogP contribution in [0.15, 0.2) is 82.8 Å². The number of hydrogen-bond donors (Lipinski definition) is 2. The standard InChI is InChI=1S/C26H21ClF2N4O7S2/c27-17-4-6-18(7-5-17)40-25-21(28)12-19(13-22(25)29)41(36,37)33-11-10-32(15-23(33)26(34)31-35)42(38,39)24-3-1-2-16-14-30-9-8-20(16)24/h1-9,12-14,23,35H,10-11,15H2,(H,31,34)/t23-/m0/s1. The van der Waals surface area contributed by atoms with Crippen LogP contribution in [0.3, 0.4) is 0 Å². The third-order valence-corrected chi connectivity index (χ3v) is 10.6. The molecule has 1 aliphatic heterocycles. The minimum Gasteiger partial charge on any atom is -0.451 e. The van der Waals surface area contributed by atoms with Crippen LogP contribution < -0.4 is 10.2 Å². The Kier molecular flexibility index (Phi) is 8.15. The van der Waals surface area contributed by atoms with Crippen LogP contribution in [-0.4, -0.2) is 67.2 Å². The zero-order valence-corrected chi connectivity index (χ0v) is 23.7. The molecule has 4 aromatic rings. The molecule has 1 saturated heterocycles. The second-order valence-electron chi connectivity index (χ2n) is 9.10. The molecule has 1 aliphatic rings. The van der Waals surface area contributed by atoms with Gasteiger partial charge in [-0.2, -0.15) is 8.61 Å². The highest BCUT2D eigenvalue weighted by Crippen LogP contribution is 2.33. The molecule has 1 amide bonds. The topological polar surface area (TPSA) is 146 Å². The average Bonchev–Trinajstić information content (AvgIpc) is 2.98. The van der Waals surface area contributed by atoms with E-state index in [4.69, 9.17) is 16.3 Å². The summed E-state index contributed by atoms with van der Waals surface area (Å²) in [6.07, 6.45) is 2.89. The van der Waals surface area contributed by atoms with Crippen LogP contribution in [-0.2, 0) is 24.8 Å². The first-order valence-corrected chi connectivity index (χ1v) is 15.4. The first-order chi connectivity index (χ1) is 19.9. The lowest BCUT2D eigenvalue weighted by atomic mass is 10.2. The van der Waals surface area contributed by atoms with Gasteiger partial charge in [0.05, 0.1) is 9.79 Å². The van der Waals surface area contributed by atoms with E-state index in [9.17, 15) is 35.6 Å². The fourth-order valence-corrected chi connectivity index (χ4v) is 7.90. The number of hydroxylamine groups is 1. The average molecular weight is 639 g/mol. The SMILES string of the molecule is O=C(NO)[C@@H]1CN(S(=O)(=O)c2cccc3cnccc23)CCN1S(=O)(=O)c1cc(F)c(Oc2ccc(Cl)cc2)c(F)c1. The van der Waals surface area contributed by atoms with E-state index < -0.39 is 73.9 Å². The van der Waals surface area contributed by atoms with E-state index >= 15 is 0 Å². The number of amides is 1. The van der Waals surface area contributed by atoms with Crippen molar-refractivity contribution in [1.82, 2.24) is 19.1 Å². The highest BCUT2D eigenvalue weighted by atomic mass is 35.5. The number of sulfonamides is 2. The molecule has 220 valence electrons. The van der Waals surface area contributed by atoms with Crippen molar-refractivity contribution in [2.24, 2.45) is 0 Å². The van der Waals surface area contributed by atoms with Crippen molar-refractivity contribution in [1.29, 1.82) is 0 Å². The van der Waals surface area contributed by atoms with Gasteiger partial charge in [0.1, 0.15) is 11.8 Å². The van der Waals surface area contributed by atoms with E-state index in [-0.39, 0.29) is 10.6 Å². The van der Waals surface area contributed by atoms with Gasteiger partial charge in [0.25, 0.3) is 5.91 Å². The highest BCUT2D eigenvalue weighted by molar-refractivity contribution is 7.89. The quantitative estimate of drug-likeness (QED) is 0.231. The molecule has 0 saturated carbocycles. The number of fused-ring (bicyclic) bond motifs is 1. The van der Waals surface area contributed by atoms with Crippen LogP contribution in [0.1, 0.15) is 0 Å². The number of rotatable bonds is 7. The van der Waals surface area contributed by atoms with Gasteiger partial charge in [-0.3, -0.25) is 15.0 Å². The van der Waals surface area contributed by atoms with Crippen LogP contribution in [0.2, 0.25) is 5.02 Å². The minimum absolute atomic E-state index is 0.0345. The van der Waals surface area contributed by atoms with E-state index in [0.29, 0.717) is 32.2 Å². The molecule has 0 aliphatic carbocycles. The molecule has 2 heterocycles. The molecule has 16 heteroatoms. The number of nitrogens with zero attached hydrogens (tertiary/aromatic N) is 3. The monoisotopic (exact) mass is 638 g/mol. The number of pyridine rings is 1. The summed E-state index contributed by atoms with van der Waals surface area (Å²) >= 11 is 5.80. The number of benzene rings is 3. The van der Waals surface area contributed by atoms with Crippen LogP contribution >= 0.6 is 11.6 Å². The Morgan fingerprint density at radius 3 is 2.36 bits per heavy atom. The summed E-state index contributed by atoms with van der Waals surface area (Å²) < 4.78 is 90.8. The first kappa shape index (κ1) is 29.8. The fourth-order valence-electron chi connectivity index (χ4n) is 4.53. The van der Waals surface area contributed by atoms with Crippen molar-refractivity contribution in [3.05, 3.63) is 89.7 Å². The van der Waals surface area contributed by atoms with Gasteiger partial charge in [-0.05, 0) is 48.5 Å². The van der Waals surface area contributed by atoms with Gasteiger partial charge in [-0.25, -0.2) is 31.1 Å². The Hall–Kier alpha value is -3.73. The molecule has 1 aromatic heterocycles. The van der Waals surface area contributed by atoms with Crippen molar-refractivity contribution < 1.29 is 40.4 Å². The van der Waals surface area contributed by atoms with Gasteiger partial charge in [0, 0.05) is 47.8 Å². The lowest BCUT2D eigenvalue weighted by Crippen LogP contribution is -2.61. The van der Waals surface area contributed by atoms with Gasteiger partial charge >= 0.3 is 0 Å². The molecular weight excluding hydrogens is 618 g/mol. The number of halogens is 3. The maximum atomic E-state index is 14.9. The van der Waals surface area contributed by atoms with Crippen LogP contribution in [0, 0.1) is 11.6 Å². The Bertz CT molecular complexity index is 1870. The molecule has 11 nitrogen and oxygen atoms in total. The molecule has 0 unspecified atom stereocenters. The van der Waals surface area contributed by atoms with E-state index in [2.05, 4.69) is 4.98 Å². The van der Waals surface area contributed by atoms with Gasteiger partial charge < -0.3 is 4.74 Å². The minimum atomic E-state index is -4.80. The summed E-state index contributed by atoms with van der Waals surface area (Å²) in [7, 11) is -9.07. The Balaban J connectivity index is 1.46. The van der Waals surface area contributed by atoms with Gasteiger partial charge in [0.2, 0.25) is 20.0 Å². The Labute approximate surface area is 244 Å². The van der Waals surface area contributed by atoms with Gasteiger partial charge in [-0.1, -0.05) is 23.7 Å². The maximum Gasteiger partial charge on any atom is 0.263 e. The molecule has 3 aromatic carbocycles. The number of ether oxygens (including phenoxy) is 1. The maximum absolute atomic E-state index is 14.9. The van der Waals surface area contributed by atoms with E-state index in [1.807, 2.05) is 0 Å². The van der Waals surface area contributed by atoms with Crippen molar-refractivity contribution >= 4 is 48.3 Å². The Morgan fingerprint density at radius 1 is 1.00 bits per heavy atom. The number of hydrogen-bond acceptors (Lipinski definition) is 8. The van der Waals surface area contributed by atoms with Crippen molar-refractivity contribution in [2.75, 3.05) is 19.6 Å². The van der Waals surface area contributed by atoms with Crippen molar-refractivity contribution in [3.63, 3.8) is 0 Å². The summed E-state index contributed by atoms with van der Waals surface area (Å²) in [5.74, 6) is -4.78. The third kappa shape index (κ3) is 5.54. The van der Waals surface area contributed by atoms with Crippen molar-refractivity contribution in [3.8, 4) is 11.5 Å². The molecule has 1 atom stereocenters. The summed E-state index contributed by atoms with van der Waals surface area (Å²) in [6.45, 7) is -1.67. The molecule has 5 rings (SSSR count). The van der Waals surface area contributed by atoms with Crippen LogP contribution in [0.5, 0.6) is 11.5 Å². The van der Waals surface area contributed by atoms with E-state index in [0.717, 1.165) is 4.31 Å². The molecule has 0 spiro atoms. The van der Waals surface area contributed by atoms with Crippen LogP contribution in [0.4, 0.5) is 8.78 Å². The fraction of sp³-hybridized carbons (Fsp3) is 0.154. The summed E-state index contributed by atoms with van der Waals surface area (Å²) in [5.41, 5.74) is 1.34. The smallest absolute Gasteiger partial charge is 0.263 e. The van der Waals surface area contributed by atoms with E-state index in [1.165, 1.54) is 60.3 Å². The number of piperazine rings is 1. The zero-order valence-electron chi connectivity index (χ0n) is 21.3. The largest absolute Gasteiger partial charge is 0.451 e. The summed E-state index contributed by atoms with van der Waals surface area (Å²) in [6, 6.07) is 10.9. The van der Waals surface area contributed by atoms with Crippen LogP contribution in [0.25, 0.3) is 10.8 Å². The number of nitrogens with one attached hydrogen (secondary N) is 1. The molecular formula is C26H21ClF2N4O7S2. The van der Waals surface area contributed by atoms with E-state index in [1.54, 1.807) is 6.07 Å². The summed E-state index contributed by atoms with van der Waals surface area (Å²) in [5, 5.41) is 10.6. The molecule has 0 radical (unpaired) electrons.